The molecule has 0 aliphatic heterocycles. The number of anilines is 3. The molecule has 2 aromatic carbocycles. The highest BCUT2D eigenvalue weighted by Gasteiger charge is 2.10. The van der Waals surface area contributed by atoms with Crippen molar-refractivity contribution in [3.8, 4) is 5.75 Å². The molecular formula is C19H16F2N4O2. The van der Waals surface area contributed by atoms with Gasteiger partial charge in [-0.2, -0.15) is 0 Å². The number of rotatable bonds is 6. The molecule has 0 radical (unpaired) electrons. The van der Waals surface area contributed by atoms with Gasteiger partial charge in [-0.25, -0.2) is 18.7 Å². The van der Waals surface area contributed by atoms with E-state index < -0.39 is 17.5 Å². The molecule has 3 rings (SSSR count). The van der Waals surface area contributed by atoms with Crippen molar-refractivity contribution >= 4 is 23.1 Å². The largest absolute Gasteiger partial charge is 0.494 e. The van der Waals surface area contributed by atoms with E-state index in [0.717, 1.165) is 12.1 Å². The highest BCUT2D eigenvalue weighted by atomic mass is 19.1. The number of aromatic nitrogens is 2. The summed E-state index contributed by atoms with van der Waals surface area (Å²) in [6.45, 7) is 2.45. The summed E-state index contributed by atoms with van der Waals surface area (Å²) in [5.74, 6) is -0.942. The minimum absolute atomic E-state index is 0.0530. The van der Waals surface area contributed by atoms with E-state index in [-0.39, 0.29) is 17.2 Å². The Morgan fingerprint density at radius 3 is 2.48 bits per heavy atom. The Morgan fingerprint density at radius 2 is 1.85 bits per heavy atom. The zero-order valence-electron chi connectivity index (χ0n) is 14.4. The molecule has 138 valence electrons. The number of carbonyl (C=O) groups excluding carboxylic acids is 1. The molecular weight excluding hydrogens is 354 g/mol. The van der Waals surface area contributed by atoms with Crippen LogP contribution in [0.25, 0.3) is 0 Å². The predicted octanol–water partition coefficient (Wildman–Crippen LogP) is 4.15. The van der Waals surface area contributed by atoms with E-state index in [1.807, 2.05) is 6.92 Å². The monoisotopic (exact) mass is 370 g/mol. The number of nitrogens with one attached hydrogen (secondary N) is 2. The van der Waals surface area contributed by atoms with Gasteiger partial charge in [0.25, 0.3) is 5.91 Å². The van der Waals surface area contributed by atoms with Crippen molar-refractivity contribution < 1.29 is 18.3 Å². The fourth-order valence-electron chi connectivity index (χ4n) is 2.23. The topological polar surface area (TPSA) is 76.1 Å². The lowest BCUT2D eigenvalue weighted by Crippen LogP contribution is -2.14. The SMILES string of the molecule is CCOc1ccc(NC(=O)c2cnc(Nc3ccc(F)cc3F)cn2)cc1. The Kier molecular flexibility index (Phi) is 5.55. The van der Waals surface area contributed by atoms with Crippen LogP contribution in [-0.2, 0) is 0 Å². The lowest BCUT2D eigenvalue weighted by Gasteiger charge is -2.08. The molecule has 1 amide bonds. The quantitative estimate of drug-likeness (QED) is 0.682. The van der Waals surface area contributed by atoms with E-state index in [0.29, 0.717) is 18.0 Å². The summed E-state index contributed by atoms with van der Waals surface area (Å²) in [6.07, 6.45) is 2.55. The molecule has 0 unspecified atom stereocenters. The molecule has 2 N–H and O–H groups in total. The Morgan fingerprint density at radius 1 is 1.07 bits per heavy atom. The van der Waals surface area contributed by atoms with Gasteiger partial charge in [-0.1, -0.05) is 0 Å². The second-order valence-corrected chi connectivity index (χ2v) is 5.45. The van der Waals surface area contributed by atoms with Crippen molar-refractivity contribution in [1.82, 2.24) is 9.97 Å². The van der Waals surface area contributed by atoms with Gasteiger partial charge in [-0.05, 0) is 43.3 Å². The van der Waals surface area contributed by atoms with Crippen molar-refractivity contribution in [1.29, 1.82) is 0 Å². The Hall–Kier alpha value is -3.55. The molecule has 8 heteroatoms. The summed E-state index contributed by atoms with van der Waals surface area (Å²) in [4.78, 5) is 20.2. The normalized spacial score (nSPS) is 10.3. The van der Waals surface area contributed by atoms with E-state index >= 15 is 0 Å². The van der Waals surface area contributed by atoms with Crippen LogP contribution in [0.15, 0.2) is 54.9 Å². The second kappa shape index (κ2) is 8.22. The molecule has 0 saturated carbocycles. The molecule has 0 bridgehead atoms. The van der Waals surface area contributed by atoms with Crippen LogP contribution in [0.4, 0.5) is 26.0 Å². The molecule has 3 aromatic rings. The maximum absolute atomic E-state index is 13.6. The summed E-state index contributed by atoms with van der Waals surface area (Å²) in [6, 6.07) is 10.0. The number of nitrogens with zero attached hydrogens (tertiary/aromatic N) is 2. The molecule has 1 heterocycles. The van der Waals surface area contributed by atoms with E-state index in [4.69, 9.17) is 4.74 Å². The average Bonchev–Trinajstić information content (AvgIpc) is 2.66. The van der Waals surface area contributed by atoms with Gasteiger partial charge >= 0.3 is 0 Å². The van der Waals surface area contributed by atoms with Gasteiger partial charge in [0.15, 0.2) is 0 Å². The molecule has 0 aliphatic carbocycles. The average molecular weight is 370 g/mol. The van der Waals surface area contributed by atoms with Crippen molar-refractivity contribution in [3.63, 3.8) is 0 Å². The smallest absolute Gasteiger partial charge is 0.275 e. The molecule has 0 saturated heterocycles. The van der Waals surface area contributed by atoms with Crippen LogP contribution in [-0.4, -0.2) is 22.5 Å². The van der Waals surface area contributed by atoms with Crippen LogP contribution in [0.3, 0.4) is 0 Å². The van der Waals surface area contributed by atoms with Crippen LogP contribution in [0, 0.1) is 11.6 Å². The fourth-order valence-corrected chi connectivity index (χ4v) is 2.23. The van der Waals surface area contributed by atoms with E-state index in [2.05, 4.69) is 20.6 Å². The van der Waals surface area contributed by atoms with Gasteiger partial charge < -0.3 is 15.4 Å². The highest BCUT2D eigenvalue weighted by Crippen LogP contribution is 2.19. The Bertz CT molecular complexity index is 931. The molecule has 0 atom stereocenters. The molecule has 0 fully saturated rings. The van der Waals surface area contributed by atoms with Gasteiger partial charge in [0, 0.05) is 11.8 Å². The van der Waals surface area contributed by atoms with Crippen LogP contribution < -0.4 is 15.4 Å². The number of halogens is 2. The number of benzene rings is 2. The Labute approximate surface area is 154 Å². The van der Waals surface area contributed by atoms with Crippen LogP contribution >= 0.6 is 0 Å². The lowest BCUT2D eigenvalue weighted by atomic mass is 10.3. The maximum Gasteiger partial charge on any atom is 0.275 e. The molecule has 0 aliphatic rings. The minimum atomic E-state index is -0.755. The second-order valence-electron chi connectivity index (χ2n) is 5.45. The maximum atomic E-state index is 13.6. The minimum Gasteiger partial charge on any atom is -0.494 e. The first-order valence-electron chi connectivity index (χ1n) is 8.13. The summed E-state index contributed by atoms with van der Waals surface area (Å²) in [5.41, 5.74) is 0.729. The van der Waals surface area contributed by atoms with Gasteiger partial charge in [0.05, 0.1) is 24.7 Å². The standard InChI is InChI=1S/C19H16F2N4O2/c1-2-27-14-6-4-13(5-7-14)24-19(26)17-10-23-18(11-22-17)25-16-8-3-12(20)9-15(16)21/h3-11H,2H2,1H3,(H,23,25)(H,24,26). The first kappa shape index (κ1) is 18.2. The predicted molar refractivity (Wildman–Crippen MR) is 97.2 cm³/mol. The van der Waals surface area contributed by atoms with E-state index in [1.165, 1.54) is 18.5 Å². The van der Waals surface area contributed by atoms with E-state index in [1.54, 1.807) is 24.3 Å². The molecule has 1 aromatic heterocycles. The Balaban J connectivity index is 1.64. The zero-order chi connectivity index (χ0) is 19.2. The first-order chi connectivity index (χ1) is 13.0. The van der Waals surface area contributed by atoms with Crippen molar-refractivity contribution in [2.45, 2.75) is 6.92 Å². The highest BCUT2D eigenvalue weighted by molar-refractivity contribution is 6.02. The number of ether oxygens (including phenoxy) is 1. The molecule has 27 heavy (non-hydrogen) atoms. The third-order valence-corrected chi connectivity index (χ3v) is 3.50. The number of amides is 1. The summed E-state index contributed by atoms with van der Waals surface area (Å²) in [7, 11) is 0. The summed E-state index contributed by atoms with van der Waals surface area (Å²) < 4.78 is 31.9. The van der Waals surface area contributed by atoms with Gasteiger partial charge in [0.1, 0.15) is 28.9 Å². The van der Waals surface area contributed by atoms with Crippen molar-refractivity contribution in [3.05, 3.63) is 72.2 Å². The number of hydrogen-bond donors (Lipinski definition) is 2. The third kappa shape index (κ3) is 4.75. The van der Waals surface area contributed by atoms with E-state index in [9.17, 15) is 13.6 Å². The van der Waals surface area contributed by atoms with Crippen LogP contribution in [0.1, 0.15) is 17.4 Å². The zero-order valence-corrected chi connectivity index (χ0v) is 14.4. The van der Waals surface area contributed by atoms with Gasteiger partial charge in [-0.3, -0.25) is 4.79 Å². The third-order valence-electron chi connectivity index (χ3n) is 3.50. The fraction of sp³-hybridized carbons (Fsp3) is 0.105. The van der Waals surface area contributed by atoms with Gasteiger partial charge in [0.2, 0.25) is 0 Å². The summed E-state index contributed by atoms with van der Waals surface area (Å²) >= 11 is 0. The lowest BCUT2D eigenvalue weighted by molar-refractivity contribution is 0.102. The number of hydrogen-bond acceptors (Lipinski definition) is 5. The molecule has 0 spiro atoms. The van der Waals surface area contributed by atoms with Crippen LogP contribution in [0.5, 0.6) is 5.75 Å². The van der Waals surface area contributed by atoms with Crippen LogP contribution in [0.2, 0.25) is 0 Å². The van der Waals surface area contributed by atoms with Crippen molar-refractivity contribution in [2.75, 3.05) is 17.2 Å². The number of carbonyl (C=O) groups is 1. The first-order valence-corrected chi connectivity index (χ1v) is 8.13. The summed E-state index contributed by atoms with van der Waals surface area (Å²) in [5, 5.41) is 5.37. The molecule has 6 nitrogen and oxygen atoms in total. The van der Waals surface area contributed by atoms with Gasteiger partial charge in [-0.15, -0.1) is 0 Å². The van der Waals surface area contributed by atoms with Crippen molar-refractivity contribution in [2.24, 2.45) is 0 Å².